The van der Waals surface area contributed by atoms with Gasteiger partial charge in [-0.05, 0) is 191 Å². The topological polar surface area (TPSA) is 55.4 Å². The Morgan fingerprint density at radius 3 is 0.711 bits per heavy atom. The molecule has 0 amide bonds. The Morgan fingerprint density at radius 2 is 0.494 bits per heavy atom. The van der Waals surface area contributed by atoms with Gasteiger partial charge in [-0.2, -0.15) is 0 Å². The van der Waals surface area contributed by atoms with Crippen LogP contribution < -0.4 is 18.1 Å². The molecule has 6 nitrogen and oxygen atoms in total. The first kappa shape index (κ1) is 69.0. The summed E-state index contributed by atoms with van der Waals surface area (Å²) in [4.78, 5) is 0. The average Bonchev–Trinajstić information content (AvgIpc) is 3.65. The highest BCUT2D eigenvalue weighted by atomic mass is 31.2. The van der Waals surface area contributed by atoms with Crippen LogP contribution in [0.1, 0.15) is 295 Å². The molecule has 4 aromatic rings. The minimum Gasteiger partial charge on any atom is -0.418 e. The van der Waals surface area contributed by atoms with E-state index in [1.807, 2.05) is 0 Å². The Morgan fingerprint density at radius 1 is 0.289 bits per heavy atom. The molecule has 0 N–H and O–H groups in total. The number of hydrogen-bond donors (Lipinski definition) is 0. The largest absolute Gasteiger partial charge is 0.463 e. The lowest BCUT2D eigenvalue weighted by Gasteiger charge is -2.46. The van der Waals surface area contributed by atoms with E-state index in [0.29, 0.717) is 11.8 Å². The van der Waals surface area contributed by atoms with Gasteiger partial charge in [0.15, 0.2) is 0 Å². The van der Waals surface area contributed by atoms with Crippen molar-refractivity contribution in [2.24, 2.45) is 17.3 Å². The molecule has 4 aromatic carbocycles. The van der Waals surface area contributed by atoms with Crippen molar-refractivity contribution in [1.29, 1.82) is 0 Å². The van der Waals surface area contributed by atoms with Crippen molar-refractivity contribution in [3.05, 3.63) is 119 Å². The second kappa shape index (κ2) is 41.9. The minimum atomic E-state index is -1.65. The number of aryl methyl sites for hydroxylation is 4. The summed E-state index contributed by atoms with van der Waals surface area (Å²) in [6, 6.07) is 34.9. The zero-order chi connectivity index (χ0) is 58.4. The summed E-state index contributed by atoms with van der Waals surface area (Å²) < 4.78 is 40.4. The van der Waals surface area contributed by atoms with Crippen molar-refractivity contribution in [1.82, 2.24) is 0 Å². The SMILES string of the molecule is CCCCCCCCCc1ccc(OP(Oc2ccc(CCCCCCCCC)cc2)OC2CCC(C(C)(C)C3CCC(OP(Oc4ccc(CCCCCCCCC)cc4)Oc4ccc(CCCCCCCCC)cc4)CC3)CC2)cc1. The molecule has 0 spiro atoms. The van der Waals surface area contributed by atoms with Crippen LogP contribution in [0.25, 0.3) is 0 Å². The highest BCUT2D eigenvalue weighted by Crippen LogP contribution is 2.53. The van der Waals surface area contributed by atoms with Crippen LogP contribution in [0, 0.1) is 17.3 Å². The Labute approximate surface area is 511 Å². The molecule has 0 unspecified atom stereocenters. The van der Waals surface area contributed by atoms with Crippen LogP contribution >= 0.6 is 17.2 Å². The molecule has 0 heterocycles. The molecule has 0 aliphatic heterocycles. The third-order valence-electron chi connectivity index (χ3n) is 18.6. The predicted octanol–water partition coefficient (Wildman–Crippen LogP) is 25.1. The third kappa shape index (κ3) is 28.1. The van der Waals surface area contributed by atoms with Gasteiger partial charge in [0, 0.05) is 0 Å². The Bertz CT molecular complexity index is 1900. The van der Waals surface area contributed by atoms with E-state index >= 15 is 0 Å². The molecule has 0 atom stereocenters. The monoisotopic (exact) mass is 1180 g/mol. The smallest absolute Gasteiger partial charge is 0.418 e. The lowest BCUT2D eigenvalue weighted by Crippen LogP contribution is -2.39. The van der Waals surface area contributed by atoms with Crippen LogP contribution in [0.4, 0.5) is 0 Å². The van der Waals surface area contributed by atoms with Crippen molar-refractivity contribution in [2.45, 2.75) is 311 Å². The van der Waals surface area contributed by atoms with E-state index in [2.05, 4.69) is 139 Å². The fourth-order valence-electron chi connectivity index (χ4n) is 12.9. The first-order valence-electron chi connectivity index (χ1n) is 34.8. The second-order valence-corrected chi connectivity index (χ2v) is 27.9. The van der Waals surface area contributed by atoms with Crippen molar-refractivity contribution in [3.63, 3.8) is 0 Å². The Balaban J connectivity index is 1.00. The van der Waals surface area contributed by atoms with Crippen LogP contribution in [0.2, 0.25) is 0 Å². The van der Waals surface area contributed by atoms with E-state index in [9.17, 15) is 0 Å². The minimum absolute atomic E-state index is 0.104. The maximum Gasteiger partial charge on any atom is 0.463 e. The molecule has 2 fully saturated rings. The number of hydrogen-bond acceptors (Lipinski definition) is 6. The van der Waals surface area contributed by atoms with Crippen LogP contribution in [-0.2, 0) is 34.7 Å². The van der Waals surface area contributed by atoms with E-state index in [0.717, 1.165) is 100 Å². The maximum absolute atomic E-state index is 6.90. The van der Waals surface area contributed by atoms with Crippen LogP contribution in [0.5, 0.6) is 23.0 Å². The third-order valence-corrected chi connectivity index (χ3v) is 21.0. The summed E-state index contributed by atoms with van der Waals surface area (Å²) >= 11 is 0. The highest BCUT2D eigenvalue weighted by molar-refractivity contribution is 7.42. The van der Waals surface area contributed by atoms with Gasteiger partial charge in [0.1, 0.15) is 23.0 Å². The molecule has 0 bridgehead atoms. The zero-order valence-corrected chi connectivity index (χ0v) is 55.5. The molecule has 464 valence electrons. The predicted molar refractivity (Wildman–Crippen MR) is 356 cm³/mol. The summed E-state index contributed by atoms with van der Waals surface area (Å²) in [5.74, 6) is 4.55. The van der Waals surface area contributed by atoms with E-state index < -0.39 is 17.2 Å². The van der Waals surface area contributed by atoms with E-state index in [4.69, 9.17) is 27.1 Å². The fraction of sp³-hybridized carbons (Fsp3) is 0.680. The first-order chi connectivity index (χ1) is 40.7. The highest BCUT2D eigenvalue weighted by Gasteiger charge is 2.42. The molecule has 6 rings (SSSR count). The standard InChI is InChI=1S/C75H118O6P2/c1-7-11-15-19-23-27-31-35-63-39-51-69(52-40-63)76-82(77-70-53-41-64(42-54-70)36-32-28-24-20-16-12-8-2)80-73-59-47-67(48-60-73)75(5,6)68-49-61-74(62-50-68)81-83(78-71-55-43-65(44-56-71)37-33-29-25-21-17-13-9-3)79-72-57-45-66(46-58-72)38-34-30-26-22-18-14-10-4/h39-46,51-58,67-68,73-74H,7-38,47-50,59-62H2,1-6H3. The van der Waals surface area contributed by atoms with Crippen molar-refractivity contribution < 1.29 is 27.1 Å². The number of unbranched alkanes of at least 4 members (excludes halogenated alkanes) is 24. The molecular formula is C75H118O6P2. The molecule has 2 saturated carbocycles. The zero-order valence-electron chi connectivity index (χ0n) is 53.7. The van der Waals surface area contributed by atoms with Crippen molar-refractivity contribution in [2.75, 3.05) is 0 Å². The van der Waals surface area contributed by atoms with E-state index in [1.165, 1.54) is 202 Å². The van der Waals surface area contributed by atoms with Crippen LogP contribution in [0.15, 0.2) is 97.1 Å². The quantitative estimate of drug-likeness (QED) is 0.0325. The summed E-state index contributed by atoms with van der Waals surface area (Å²) in [6.07, 6.45) is 50.5. The van der Waals surface area contributed by atoms with Gasteiger partial charge in [-0.1, -0.05) is 244 Å². The second-order valence-electron chi connectivity index (χ2n) is 25.9. The molecule has 2 aliphatic rings. The van der Waals surface area contributed by atoms with Crippen LogP contribution in [0.3, 0.4) is 0 Å². The molecule has 0 radical (unpaired) electrons. The number of benzene rings is 4. The van der Waals surface area contributed by atoms with Gasteiger partial charge in [-0.15, -0.1) is 0 Å². The Kier molecular flexibility index (Phi) is 34.8. The van der Waals surface area contributed by atoms with E-state index in [-0.39, 0.29) is 17.6 Å². The van der Waals surface area contributed by atoms with E-state index in [1.54, 1.807) is 0 Å². The fourth-order valence-corrected chi connectivity index (χ4v) is 15.2. The van der Waals surface area contributed by atoms with Gasteiger partial charge in [0.25, 0.3) is 0 Å². The van der Waals surface area contributed by atoms with Gasteiger partial charge in [0.2, 0.25) is 0 Å². The average molecular weight is 1180 g/mol. The van der Waals surface area contributed by atoms with Gasteiger partial charge in [0.05, 0.1) is 12.2 Å². The molecular weight excluding hydrogens is 1060 g/mol. The molecule has 8 heteroatoms. The lowest BCUT2D eigenvalue weighted by atomic mass is 9.60. The molecule has 0 aromatic heterocycles. The van der Waals surface area contributed by atoms with Gasteiger partial charge in [-0.3, -0.25) is 9.05 Å². The van der Waals surface area contributed by atoms with Gasteiger partial charge < -0.3 is 18.1 Å². The maximum atomic E-state index is 6.90. The lowest BCUT2D eigenvalue weighted by molar-refractivity contribution is 0.00893. The summed E-state index contributed by atoms with van der Waals surface area (Å²) in [6.45, 7) is 14.3. The summed E-state index contributed by atoms with van der Waals surface area (Å²) in [7, 11) is -3.29. The summed E-state index contributed by atoms with van der Waals surface area (Å²) in [5.41, 5.74) is 5.71. The molecule has 0 saturated heterocycles. The van der Waals surface area contributed by atoms with Gasteiger partial charge in [-0.25, -0.2) is 0 Å². The molecule has 83 heavy (non-hydrogen) atoms. The number of rotatable bonds is 46. The van der Waals surface area contributed by atoms with Crippen LogP contribution in [-0.4, -0.2) is 12.2 Å². The van der Waals surface area contributed by atoms with Gasteiger partial charge >= 0.3 is 17.2 Å². The first-order valence-corrected chi connectivity index (χ1v) is 36.9. The normalized spacial score (nSPS) is 17.5. The van der Waals surface area contributed by atoms with Crippen molar-refractivity contribution >= 4 is 17.2 Å². The summed E-state index contributed by atoms with van der Waals surface area (Å²) in [5, 5.41) is 0. The Hall–Kier alpha value is -3.14. The molecule has 2 aliphatic carbocycles. The van der Waals surface area contributed by atoms with Crippen molar-refractivity contribution in [3.8, 4) is 23.0 Å².